The highest BCUT2D eigenvalue weighted by Gasteiger charge is 2.17. The Labute approximate surface area is 171 Å². The molecule has 1 aliphatic rings. The van der Waals surface area contributed by atoms with E-state index in [1.807, 2.05) is 36.4 Å². The number of rotatable bonds is 8. The van der Waals surface area contributed by atoms with Gasteiger partial charge in [-0.25, -0.2) is 4.79 Å². The number of esters is 1. The number of hydrogen-bond acceptors (Lipinski definition) is 6. The highest BCUT2D eigenvalue weighted by Crippen LogP contribution is 2.23. The Morgan fingerprint density at radius 3 is 2.66 bits per heavy atom. The predicted octanol–water partition coefficient (Wildman–Crippen LogP) is 3.26. The van der Waals surface area contributed by atoms with Crippen molar-refractivity contribution in [2.45, 2.75) is 13.2 Å². The lowest BCUT2D eigenvalue weighted by molar-refractivity contribution is -0.133. The zero-order valence-electron chi connectivity index (χ0n) is 16.9. The number of hydrogen-bond donors (Lipinski definition) is 0. The summed E-state index contributed by atoms with van der Waals surface area (Å²) in [6.45, 7) is 4.66. The third kappa shape index (κ3) is 5.82. The van der Waals surface area contributed by atoms with Gasteiger partial charge in [0.15, 0.2) is 0 Å². The van der Waals surface area contributed by atoms with Crippen molar-refractivity contribution < 1.29 is 23.7 Å². The number of ether oxygens (including phenoxy) is 4. The molecule has 29 heavy (non-hydrogen) atoms. The minimum absolute atomic E-state index is 0.329. The molecule has 0 bridgehead atoms. The number of carbonyl (C=O) groups is 1. The molecule has 1 saturated heterocycles. The Balaban J connectivity index is 1.71. The largest absolute Gasteiger partial charge is 0.503 e. The van der Waals surface area contributed by atoms with Crippen LogP contribution in [0, 0.1) is 0 Å². The zero-order valence-corrected chi connectivity index (χ0v) is 16.9. The summed E-state index contributed by atoms with van der Waals surface area (Å²) in [6, 6.07) is 15.7. The zero-order chi connectivity index (χ0) is 20.5. The summed E-state index contributed by atoms with van der Waals surface area (Å²) in [5, 5.41) is 0. The van der Waals surface area contributed by atoms with E-state index in [2.05, 4.69) is 17.0 Å². The second kappa shape index (κ2) is 10.6. The van der Waals surface area contributed by atoms with Crippen molar-refractivity contribution in [1.82, 2.24) is 4.90 Å². The van der Waals surface area contributed by atoms with Gasteiger partial charge in [-0.2, -0.15) is 0 Å². The second-order valence-corrected chi connectivity index (χ2v) is 6.74. The monoisotopic (exact) mass is 397 g/mol. The van der Waals surface area contributed by atoms with Crippen molar-refractivity contribution in [1.29, 1.82) is 0 Å². The maximum atomic E-state index is 12.1. The van der Waals surface area contributed by atoms with Crippen LogP contribution in [0.25, 0.3) is 5.57 Å². The van der Waals surface area contributed by atoms with E-state index < -0.39 is 5.97 Å². The second-order valence-electron chi connectivity index (χ2n) is 6.74. The molecular formula is C23H27NO5. The molecule has 154 valence electrons. The van der Waals surface area contributed by atoms with Gasteiger partial charge in [-0.05, 0) is 28.8 Å². The number of benzene rings is 2. The molecule has 0 unspecified atom stereocenters. The van der Waals surface area contributed by atoms with E-state index in [-0.39, 0.29) is 0 Å². The first-order valence-electron chi connectivity index (χ1n) is 9.62. The van der Waals surface area contributed by atoms with Crippen molar-refractivity contribution in [2.24, 2.45) is 0 Å². The summed E-state index contributed by atoms with van der Waals surface area (Å²) in [7, 11) is 2.85. The SMILES string of the molecule is CO/C=C(\C(=O)OC)c1ccccc1COc1cccc(CN2CCOCC2)c1. The molecule has 6 nitrogen and oxygen atoms in total. The number of methoxy groups -OCH3 is 2. The van der Waals surface area contributed by atoms with Gasteiger partial charge in [0.2, 0.25) is 0 Å². The van der Waals surface area contributed by atoms with Crippen molar-refractivity contribution in [3.8, 4) is 5.75 Å². The summed E-state index contributed by atoms with van der Waals surface area (Å²) in [5.74, 6) is 0.340. The van der Waals surface area contributed by atoms with Crippen LogP contribution in [-0.2, 0) is 32.2 Å². The minimum Gasteiger partial charge on any atom is -0.503 e. The molecular weight excluding hydrogens is 370 g/mol. The Kier molecular flexibility index (Phi) is 7.67. The number of carbonyl (C=O) groups excluding carboxylic acids is 1. The molecule has 1 heterocycles. The summed E-state index contributed by atoms with van der Waals surface area (Å²) in [5.41, 5.74) is 3.16. The molecule has 0 radical (unpaired) electrons. The lowest BCUT2D eigenvalue weighted by atomic mass is 10.0. The van der Waals surface area contributed by atoms with Crippen molar-refractivity contribution >= 4 is 11.5 Å². The topological polar surface area (TPSA) is 57.2 Å². The van der Waals surface area contributed by atoms with Crippen molar-refractivity contribution in [2.75, 3.05) is 40.5 Å². The fourth-order valence-electron chi connectivity index (χ4n) is 3.27. The van der Waals surface area contributed by atoms with Gasteiger partial charge >= 0.3 is 5.97 Å². The Morgan fingerprint density at radius 1 is 1.10 bits per heavy atom. The highest BCUT2D eigenvalue weighted by molar-refractivity contribution is 6.16. The van der Waals surface area contributed by atoms with Crippen LogP contribution >= 0.6 is 0 Å². The van der Waals surface area contributed by atoms with E-state index in [4.69, 9.17) is 18.9 Å². The Bertz CT molecular complexity index is 843. The average Bonchev–Trinajstić information content (AvgIpc) is 2.77. The lowest BCUT2D eigenvalue weighted by Gasteiger charge is -2.26. The smallest absolute Gasteiger partial charge is 0.341 e. The molecule has 3 rings (SSSR count). The molecule has 0 spiro atoms. The molecule has 0 atom stereocenters. The molecule has 2 aromatic rings. The van der Waals surface area contributed by atoms with Crippen LogP contribution in [0.1, 0.15) is 16.7 Å². The van der Waals surface area contributed by atoms with E-state index in [9.17, 15) is 4.79 Å². The molecule has 0 aliphatic carbocycles. The maximum absolute atomic E-state index is 12.1. The van der Waals surface area contributed by atoms with Gasteiger partial charge in [0.1, 0.15) is 17.9 Å². The molecule has 2 aromatic carbocycles. The fraction of sp³-hybridized carbons (Fsp3) is 0.348. The Hall–Kier alpha value is -2.83. The van der Waals surface area contributed by atoms with Gasteiger partial charge < -0.3 is 18.9 Å². The van der Waals surface area contributed by atoms with Crippen LogP contribution in [0.15, 0.2) is 54.8 Å². The summed E-state index contributed by atoms with van der Waals surface area (Å²) >= 11 is 0. The molecule has 0 amide bonds. The van der Waals surface area contributed by atoms with Crippen LogP contribution in [0.2, 0.25) is 0 Å². The molecule has 1 fully saturated rings. The standard InChI is InChI=1S/C23H27NO5/c1-26-17-22(23(25)27-2)21-9-4-3-7-19(21)16-29-20-8-5-6-18(14-20)15-24-10-12-28-13-11-24/h3-9,14,17H,10-13,15-16H2,1-2H3/b22-17-. The number of morpholine rings is 1. The summed E-state index contributed by atoms with van der Waals surface area (Å²) in [4.78, 5) is 14.5. The predicted molar refractivity (Wildman–Crippen MR) is 110 cm³/mol. The van der Waals surface area contributed by atoms with Crippen LogP contribution in [-0.4, -0.2) is 51.4 Å². The molecule has 6 heteroatoms. The van der Waals surface area contributed by atoms with E-state index in [0.29, 0.717) is 12.2 Å². The molecule has 0 aromatic heterocycles. The first-order valence-corrected chi connectivity index (χ1v) is 9.62. The lowest BCUT2D eigenvalue weighted by Crippen LogP contribution is -2.35. The van der Waals surface area contributed by atoms with Gasteiger partial charge in [0, 0.05) is 19.6 Å². The third-order valence-electron chi connectivity index (χ3n) is 4.75. The highest BCUT2D eigenvalue weighted by atomic mass is 16.5. The van der Waals surface area contributed by atoms with Gasteiger partial charge in [0.05, 0.1) is 33.7 Å². The average molecular weight is 397 g/mol. The third-order valence-corrected chi connectivity index (χ3v) is 4.75. The first kappa shape index (κ1) is 20.9. The van der Waals surface area contributed by atoms with Crippen molar-refractivity contribution in [3.63, 3.8) is 0 Å². The number of nitrogens with zero attached hydrogens (tertiary/aromatic N) is 1. The normalized spacial score (nSPS) is 15.0. The first-order chi connectivity index (χ1) is 14.2. The van der Waals surface area contributed by atoms with E-state index in [1.54, 1.807) is 0 Å². The van der Waals surface area contributed by atoms with Crippen LogP contribution in [0.5, 0.6) is 5.75 Å². The van der Waals surface area contributed by atoms with Crippen LogP contribution < -0.4 is 4.74 Å². The Morgan fingerprint density at radius 2 is 1.90 bits per heavy atom. The molecule has 0 saturated carbocycles. The van der Waals surface area contributed by atoms with E-state index in [1.165, 1.54) is 26.0 Å². The summed E-state index contributed by atoms with van der Waals surface area (Å²) in [6.07, 6.45) is 1.40. The quantitative estimate of drug-likeness (QED) is 0.387. The van der Waals surface area contributed by atoms with Crippen LogP contribution in [0.4, 0.5) is 0 Å². The minimum atomic E-state index is -0.452. The van der Waals surface area contributed by atoms with E-state index >= 15 is 0 Å². The van der Waals surface area contributed by atoms with Gasteiger partial charge in [0.25, 0.3) is 0 Å². The van der Waals surface area contributed by atoms with Crippen LogP contribution in [0.3, 0.4) is 0 Å². The van der Waals surface area contributed by atoms with Gasteiger partial charge in [-0.1, -0.05) is 36.4 Å². The molecule has 0 N–H and O–H groups in total. The fourth-order valence-corrected chi connectivity index (χ4v) is 3.27. The summed E-state index contributed by atoms with van der Waals surface area (Å²) < 4.78 is 21.4. The molecule has 1 aliphatic heterocycles. The van der Waals surface area contributed by atoms with Gasteiger partial charge in [-0.15, -0.1) is 0 Å². The van der Waals surface area contributed by atoms with Crippen molar-refractivity contribution in [3.05, 3.63) is 71.5 Å². The maximum Gasteiger partial charge on any atom is 0.341 e. The van der Waals surface area contributed by atoms with E-state index in [0.717, 1.165) is 49.7 Å². The van der Waals surface area contributed by atoms with Gasteiger partial charge in [-0.3, -0.25) is 4.90 Å².